The Labute approximate surface area is 161 Å². The van der Waals surface area contributed by atoms with Crippen LogP contribution in [-0.4, -0.2) is 69.2 Å². The molecule has 0 radical (unpaired) electrons. The summed E-state index contributed by atoms with van der Waals surface area (Å²) in [6.07, 6.45) is 1.66. The van der Waals surface area contributed by atoms with Gasteiger partial charge in [0.1, 0.15) is 0 Å². The lowest BCUT2D eigenvalue weighted by Gasteiger charge is -2.34. The second kappa shape index (κ2) is 8.26. The second-order valence-electron chi connectivity index (χ2n) is 7.40. The summed E-state index contributed by atoms with van der Waals surface area (Å²) >= 11 is 0. The highest BCUT2D eigenvalue weighted by Crippen LogP contribution is 2.26. The van der Waals surface area contributed by atoms with Gasteiger partial charge in [-0.3, -0.25) is 4.79 Å². The molecule has 150 valence electrons. The third-order valence-corrected chi connectivity index (χ3v) is 7.33. The van der Waals surface area contributed by atoms with Crippen LogP contribution in [0.3, 0.4) is 0 Å². The summed E-state index contributed by atoms with van der Waals surface area (Å²) < 4.78 is 37.6. The highest BCUT2D eigenvalue weighted by molar-refractivity contribution is 7.89. The quantitative estimate of drug-likeness (QED) is 0.760. The number of carbonyl (C=O) groups is 1. The second-order valence-corrected chi connectivity index (χ2v) is 9.40. The number of nitrogens with zero attached hydrogens (tertiary/aromatic N) is 2. The fourth-order valence-electron chi connectivity index (χ4n) is 3.46. The first kappa shape index (κ1) is 20.3. The largest absolute Gasteiger partial charge is 0.350 e. The Hall–Kier alpha value is -1.48. The van der Waals surface area contributed by atoms with Gasteiger partial charge in [-0.25, -0.2) is 8.42 Å². The molecular formula is C19H28N2O5S. The first-order valence-electron chi connectivity index (χ1n) is 9.41. The van der Waals surface area contributed by atoms with Gasteiger partial charge in [0, 0.05) is 37.7 Å². The van der Waals surface area contributed by atoms with Crippen LogP contribution < -0.4 is 0 Å². The van der Waals surface area contributed by atoms with Crippen molar-refractivity contribution in [2.24, 2.45) is 5.92 Å². The first-order chi connectivity index (χ1) is 12.8. The molecule has 3 rings (SSSR count). The van der Waals surface area contributed by atoms with Crippen molar-refractivity contribution in [3.05, 3.63) is 29.8 Å². The van der Waals surface area contributed by atoms with Crippen molar-refractivity contribution < 1.29 is 22.7 Å². The molecule has 7 nitrogen and oxygen atoms in total. The van der Waals surface area contributed by atoms with Crippen molar-refractivity contribution in [2.45, 2.75) is 43.9 Å². The Kier molecular flexibility index (Phi) is 6.20. The summed E-state index contributed by atoms with van der Waals surface area (Å²) in [5, 5.41) is 0. The number of hydrogen-bond donors (Lipinski definition) is 0. The first-order valence-corrected chi connectivity index (χ1v) is 10.9. The van der Waals surface area contributed by atoms with E-state index in [1.807, 2.05) is 18.7 Å². The number of hydrogen-bond acceptors (Lipinski definition) is 5. The molecule has 0 N–H and O–H groups in total. The smallest absolute Gasteiger partial charge is 0.253 e. The minimum absolute atomic E-state index is 0.0844. The van der Waals surface area contributed by atoms with Gasteiger partial charge in [0.15, 0.2) is 6.29 Å². The molecule has 1 unspecified atom stereocenters. The molecule has 2 aliphatic rings. The molecule has 0 bridgehead atoms. The minimum atomic E-state index is -3.55. The molecule has 0 aliphatic carbocycles. The third kappa shape index (κ3) is 4.34. The zero-order valence-corrected chi connectivity index (χ0v) is 16.9. The van der Waals surface area contributed by atoms with Gasteiger partial charge in [0.2, 0.25) is 10.0 Å². The molecule has 1 aromatic rings. The van der Waals surface area contributed by atoms with Gasteiger partial charge >= 0.3 is 0 Å². The Bertz CT molecular complexity index is 757. The lowest BCUT2D eigenvalue weighted by molar-refractivity contribution is -0.0969. The zero-order chi connectivity index (χ0) is 19.6. The summed E-state index contributed by atoms with van der Waals surface area (Å²) in [7, 11) is -1.99. The van der Waals surface area contributed by atoms with E-state index in [1.54, 1.807) is 19.2 Å². The van der Waals surface area contributed by atoms with Crippen LogP contribution in [0, 0.1) is 5.92 Å². The maximum Gasteiger partial charge on any atom is 0.253 e. The Morgan fingerprint density at radius 1 is 1.19 bits per heavy atom. The van der Waals surface area contributed by atoms with Crippen LogP contribution >= 0.6 is 0 Å². The fourth-order valence-corrected chi connectivity index (χ4v) is 4.83. The van der Waals surface area contributed by atoms with Crippen molar-refractivity contribution in [2.75, 3.05) is 33.4 Å². The van der Waals surface area contributed by atoms with E-state index in [0.29, 0.717) is 31.9 Å². The average molecular weight is 397 g/mol. The molecule has 2 fully saturated rings. The normalized spacial score (nSPS) is 22.0. The Morgan fingerprint density at radius 2 is 1.81 bits per heavy atom. The lowest BCUT2D eigenvalue weighted by Crippen LogP contribution is -2.43. The number of rotatable bonds is 5. The van der Waals surface area contributed by atoms with E-state index in [-0.39, 0.29) is 29.1 Å². The maximum atomic E-state index is 12.8. The monoisotopic (exact) mass is 396 g/mol. The standard InChI is InChI=1S/C19H28N2O5S/c1-14(2)20(3)27(23,24)17-8-6-15(7-9-17)18(22)21-10-4-5-16(13-21)19-25-11-12-26-19/h6-9,14,16,19H,4-5,10-13H2,1-3H3. The van der Waals surface area contributed by atoms with E-state index >= 15 is 0 Å². The number of ether oxygens (including phenoxy) is 2. The number of likely N-dealkylation sites (tertiary alicyclic amines) is 1. The van der Waals surface area contributed by atoms with Crippen molar-refractivity contribution >= 4 is 15.9 Å². The lowest BCUT2D eigenvalue weighted by atomic mass is 9.96. The highest BCUT2D eigenvalue weighted by Gasteiger charge is 2.33. The molecular weight excluding hydrogens is 368 g/mol. The number of benzene rings is 1. The van der Waals surface area contributed by atoms with E-state index in [0.717, 1.165) is 12.8 Å². The predicted molar refractivity (Wildman–Crippen MR) is 101 cm³/mol. The van der Waals surface area contributed by atoms with Gasteiger partial charge in [0.25, 0.3) is 5.91 Å². The molecule has 0 saturated carbocycles. The van der Waals surface area contributed by atoms with Crippen LogP contribution in [0.5, 0.6) is 0 Å². The third-order valence-electron chi connectivity index (χ3n) is 5.28. The molecule has 0 spiro atoms. The molecule has 8 heteroatoms. The van der Waals surface area contributed by atoms with Gasteiger partial charge in [0.05, 0.1) is 18.1 Å². The van der Waals surface area contributed by atoms with E-state index < -0.39 is 10.0 Å². The minimum Gasteiger partial charge on any atom is -0.350 e. The summed E-state index contributed by atoms with van der Waals surface area (Å²) in [6.45, 7) is 6.14. The van der Waals surface area contributed by atoms with E-state index in [4.69, 9.17) is 9.47 Å². The van der Waals surface area contributed by atoms with Crippen molar-refractivity contribution in [3.8, 4) is 0 Å². The number of sulfonamides is 1. The highest BCUT2D eigenvalue weighted by atomic mass is 32.2. The summed E-state index contributed by atoms with van der Waals surface area (Å²) in [6, 6.07) is 6.06. The summed E-state index contributed by atoms with van der Waals surface area (Å²) in [5.74, 6) is 0.100. The van der Waals surface area contributed by atoms with Crippen LogP contribution in [0.15, 0.2) is 29.2 Å². The molecule has 1 atom stereocenters. The van der Waals surface area contributed by atoms with Gasteiger partial charge in [-0.15, -0.1) is 0 Å². The summed E-state index contributed by atoms with van der Waals surface area (Å²) in [4.78, 5) is 14.9. The number of carbonyl (C=O) groups excluding carboxylic acids is 1. The van der Waals surface area contributed by atoms with Gasteiger partial charge < -0.3 is 14.4 Å². The maximum absolute atomic E-state index is 12.8. The molecule has 1 aromatic carbocycles. The van der Waals surface area contributed by atoms with E-state index in [9.17, 15) is 13.2 Å². The molecule has 0 aromatic heterocycles. The van der Waals surface area contributed by atoms with Crippen molar-refractivity contribution in [1.29, 1.82) is 0 Å². The van der Waals surface area contributed by atoms with Crippen LogP contribution in [0.2, 0.25) is 0 Å². The molecule has 2 heterocycles. The van der Waals surface area contributed by atoms with Crippen LogP contribution in [-0.2, 0) is 19.5 Å². The van der Waals surface area contributed by atoms with Crippen LogP contribution in [0.25, 0.3) is 0 Å². The van der Waals surface area contributed by atoms with Crippen LogP contribution in [0.1, 0.15) is 37.0 Å². The predicted octanol–water partition coefficient (Wildman–Crippen LogP) is 1.94. The number of piperidine rings is 1. The molecule has 2 aliphatic heterocycles. The Morgan fingerprint density at radius 3 is 2.41 bits per heavy atom. The van der Waals surface area contributed by atoms with Crippen molar-refractivity contribution in [1.82, 2.24) is 9.21 Å². The molecule has 27 heavy (non-hydrogen) atoms. The fraction of sp³-hybridized carbons (Fsp3) is 0.632. The van der Waals surface area contributed by atoms with E-state index in [1.165, 1.54) is 16.4 Å². The topological polar surface area (TPSA) is 76.2 Å². The number of amides is 1. The molecule has 1 amide bonds. The van der Waals surface area contributed by atoms with Crippen LogP contribution in [0.4, 0.5) is 0 Å². The van der Waals surface area contributed by atoms with Crippen molar-refractivity contribution in [3.63, 3.8) is 0 Å². The average Bonchev–Trinajstić information content (AvgIpc) is 3.21. The van der Waals surface area contributed by atoms with Gasteiger partial charge in [-0.2, -0.15) is 4.31 Å². The van der Waals surface area contributed by atoms with Gasteiger partial charge in [-0.1, -0.05) is 0 Å². The SMILES string of the molecule is CC(C)N(C)S(=O)(=O)c1ccc(C(=O)N2CCCC(C3OCCO3)C2)cc1. The Balaban J connectivity index is 1.70. The summed E-state index contributed by atoms with van der Waals surface area (Å²) in [5.41, 5.74) is 0.495. The van der Waals surface area contributed by atoms with E-state index in [2.05, 4.69) is 0 Å². The molecule has 2 saturated heterocycles. The van der Waals surface area contributed by atoms with Gasteiger partial charge in [-0.05, 0) is 51.0 Å². The zero-order valence-electron chi connectivity index (χ0n) is 16.1.